The number of amidine groups is 1. The van der Waals surface area contributed by atoms with E-state index >= 15 is 0 Å². The van der Waals surface area contributed by atoms with E-state index in [0.717, 1.165) is 0 Å². The molecule has 1 aromatic heterocycles. The van der Waals surface area contributed by atoms with E-state index in [1.807, 2.05) is 13.8 Å². The van der Waals surface area contributed by atoms with Crippen molar-refractivity contribution >= 4 is 11.7 Å². The third-order valence-corrected chi connectivity index (χ3v) is 2.70. The van der Waals surface area contributed by atoms with Crippen molar-refractivity contribution in [3.63, 3.8) is 0 Å². The minimum atomic E-state index is -0.334. The lowest BCUT2D eigenvalue weighted by Crippen LogP contribution is -2.43. The van der Waals surface area contributed by atoms with Crippen LogP contribution >= 0.6 is 0 Å². The Morgan fingerprint density at radius 3 is 2.68 bits per heavy atom. The molecule has 1 aromatic rings. The Morgan fingerprint density at radius 2 is 2.21 bits per heavy atom. The lowest BCUT2D eigenvalue weighted by atomic mass is 10.2. The number of aryl methyl sites for hydroxylation is 1. The van der Waals surface area contributed by atoms with E-state index in [1.54, 1.807) is 13.1 Å². The average Bonchev–Trinajstić information content (AvgIpc) is 2.37. The second-order valence-corrected chi connectivity index (χ2v) is 4.48. The summed E-state index contributed by atoms with van der Waals surface area (Å²) in [6, 6.07) is 2.69. The smallest absolute Gasteiger partial charge is 0.254 e. The van der Waals surface area contributed by atoms with Crippen LogP contribution in [0.15, 0.2) is 28.3 Å². The number of carbonyl (C=O) groups excluding carboxylic acids is 1. The fraction of sp³-hybridized carbons (Fsp3) is 0.417. The molecule has 0 aliphatic rings. The van der Waals surface area contributed by atoms with Gasteiger partial charge in [0.1, 0.15) is 0 Å². The molecule has 0 spiro atoms. The lowest BCUT2D eigenvalue weighted by molar-refractivity contribution is 0.0733. The molecule has 0 saturated heterocycles. The number of oxime groups is 1. The molecule has 0 unspecified atom stereocenters. The summed E-state index contributed by atoms with van der Waals surface area (Å²) in [5.74, 6) is -0.398. The van der Waals surface area contributed by atoms with Crippen LogP contribution < -0.4 is 11.3 Å². The first-order valence-electron chi connectivity index (χ1n) is 5.81. The van der Waals surface area contributed by atoms with Crippen molar-refractivity contribution in [3.05, 3.63) is 34.2 Å². The van der Waals surface area contributed by atoms with Crippen LogP contribution in [0, 0.1) is 0 Å². The number of aromatic nitrogens is 1. The highest BCUT2D eigenvalue weighted by molar-refractivity contribution is 5.97. The number of nitrogens with two attached hydrogens (primary N) is 1. The third kappa shape index (κ3) is 3.57. The highest BCUT2D eigenvalue weighted by Crippen LogP contribution is 2.06. The van der Waals surface area contributed by atoms with Gasteiger partial charge in [-0.1, -0.05) is 5.16 Å². The predicted molar refractivity (Wildman–Crippen MR) is 71.3 cm³/mol. The predicted octanol–water partition coefficient (Wildman–Crippen LogP) is -0.0177. The molecule has 104 valence electrons. The van der Waals surface area contributed by atoms with Gasteiger partial charge in [0.25, 0.3) is 11.5 Å². The number of hydrogen-bond donors (Lipinski definition) is 2. The van der Waals surface area contributed by atoms with Crippen molar-refractivity contribution in [1.82, 2.24) is 9.47 Å². The Bertz CT molecular complexity index is 548. The molecular formula is C12H18N4O3. The maximum absolute atomic E-state index is 12.3. The van der Waals surface area contributed by atoms with Gasteiger partial charge >= 0.3 is 0 Å². The summed E-state index contributed by atoms with van der Waals surface area (Å²) in [6.45, 7) is 3.62. The summed E-state index contributed by atoms with van der Waals surface area (Å²) in [5.41, 5.74) is 5.44. The standard InChI is InChI=1S/C12H18N4O3/c1-8(2)16(7-10(13)14-19)12(18)9-4-5-15(3)11(17)6-9/h4-6,8,19H,7H2,1-3H3,(H2,13,14). The molecule has 0 aromatic carbocycles. The first-order valence-corrected chi connectivity index (χ1v) is 5.81. The molecule has 0 saturated carbocycles. The number of carbonyl (C=O) groups is 1. The van der Waals surface area contributed by atoms with E-state index < -0.39 is 0 Å². The van der Waals surface area contributed by atoms with Crippen molar-refractivity contribution < 1.29 is 10.0 Å². The van der Waals surface area contributed by atoms with Gasteiger partial charge in [-0.2, -0.15) is 0 Å². The van der Waals surface area contributed by atoms with Crippen molar-refractivity contribution in [2.45, 2.75) is 19.9 Å². The first kappa shape index (κ1) is 14.7. The van der Waals surface area contributed by atoms with Gasteiger partial charge in [0.05, 0.1) is 6.54 Å². The monoisotopic (exact) mass is 266 g/mol. The van der Waals surface area contributed by atoms with Gasteiger partial charge in [-0.3, -0.25) is 9.59 Å². The van der Waals surface area contributed by atoms with Gasteiger partial charge in [0.2, 0.25) is 0 Å². The molecule has 0 atom stereocenters. The Hall–Kier alpha value is -2.31. The van der Waals surface area contributed by atoms with Crippen molar-refractivity contribution in [3.8, 4) is 0 Å². The maximum atomic E-state index is 12.3. The largest absolute Gasteiger partial charge is 0.409 e. The summed E-state index contributed by atoms with van der Waals surface area (Å²) in [7, 11) is 1.60. The molecule has 0 bridgehead atoms. The van der Waals surface area contributed by atoms with Crippen LogP contribution in [0.4, 0.5) is 0 Å². The summed E-state index contributed by atoms with van der Waals surface area (Å²) < 4.78 is 1.38. The number of amides is 1. The zero-order chi connectivity index (χ0) is 14.6. The number of rotatable bonds is 4. The normalized spacial score (nSPS) is 11.7. The van der Waals surface area contributed by atoms with Crippen LogP contribution in [0.5, 0.6) is 0 Å². The van der Waals surface area contributed by atoms with Gasteiger partial charge in [-0.25, -0.2) is 0 Å². The molecule has 0 radical (unpaired) electrons. The number of pyridine rings is 1. The average molecular weight is 266 g/mol. The van der Waals surface area contributed by atoms with Gasteiger partial charge in [0, 0.05) is 30.9 Å². The Labute approximate surface area is 110 Å². The Morgan fingerprint density at radius 1 is 1.58 bits per heavy atom. The molecule has 1 amide bonds. The minimum absolute atomic E-state index is 0.00219. The second kappa shape index (κ2) is 6.03. The molecule has 0 fully saturated rings. The van der Waals surface area contributed by atoms with E-state index in [9.17, 15) is 9.59 Å². The zero-order valence-electron chi connectivity index (χ0n) is 11.2. The van der Waals surface area contributed by atoms with E-state index in [0.29, 0.717) is 0 Å². The van der Waals surface area contributed by atoms with Crippen LogP contribution in [0.25, 0.3) is 0 Å². The molecular weight excluding hydrogens is 248 g/mol. The molecule has 0 aliphatic heterocycles. The molecule has 19 heavy (non-hydrogen) atoms. The first-order chi connectivity index (χ1) is 8.86. The quantitative estimate of drug-likeness (QED) is 0.346. The van der Waals surface area contributed by atoms with Gasteiger partial charge in [-0.15, -0.1) is 0 Å². The van der Waals surface area contributed by atoms with Crippen molar-refractivity contribution in [2.75, 3.05) is 6.54 Å². The summed E-state index contributed by atoms with van der Waals surface area (Å²) >= 11 is 0. The van der Waals surface area contributed by atoms with Crippen LogP contribution in [0.2, 0.25) is 0 Å². The summed E-state index contributed by atoms with van der Waals surface area (Å²) in [4.78, 5) is 25.2. The number of hydrogen-bond acceptors (Lipinski definition) is 4. The van der Waals surface area contributed by atoms with E-state index in [-0.39, 0.29) is 35.5 Å². The van der Waals surface area contributed by atoms with Gasteiger partial charge in [-0.05, 0) is 19.9 Å². The van der Waals surface area contributed by atoms with Crippen LogP contribution in [-0.4, -0.2) is 39.0 Å². The van der Waals surface area contributed by atoms with Crippen LogP contribution in [-0.2, 0) is 7.05 Å². The number of nitrogens with zero attached hydrogens (tertiary/aromatic N) is 3. The summed E-state index contributed by atoms with van der Waals surface area (Å²) in [5, 5.41) is 11.4. The highest BCUT2D eigenvalue weighted by atomic mass is 16.4. The minimum Gasteiger partial charge on any atom is -0.409 e. The highest BCUT2D eigenvalue weighted by Gasteiger charge is 2.20. The van der Waals surface area contributed by atoms with E-state index in [1.165, 1.54) is 21.7 Å². The molecule has 3 N–H and O–H groups in total. The van der Waals surface area contributed by atoms with E-state index in [2.05, 4.69) is 5.16 Å². The molecule has 0 aliphatic carbocycles. The maximum Gasteiger partial charge on any atom is 0.254 e. The summed E-state index contributed by atoms with van der Waals surface area (Å²) in [6.07, 6.45) is 1.53. The van der Waals surface area contributed by atoms with Crippen molar-refractivity contribution in [2.24, 2.45) is 17.9 Å². The molecule has 7 heteroatoms. The third-order valence-electron chi connectivity index (χ3n) is 2.70. The lowest BCUT2D eigenvalue weighted by Gasteiger charge is -2.26. The van der Waals surface area contributed by atoms with Crippen LogP contribution in [0.1, 0.15) is 24.2 Å². The molecule has 1 heterocycles. The Balaban J connectivity index is 3.06. The zero-order valence-corrected chi connectivity index (χ0v) is 11.2. The topological polar surface area (TPSA) is 101 Å². The van der Waals surface area contributed by atoms with Gasteiger partial charge < -0.3 is 20.4 Å². The van der Waals surface area contributed by atoms with Crippen molar-refractivity contribution in [1.29, 1.82) is 0 Å². The van der Waals surface area contributed by atoms with Gasteiger partial charge in [0.15, 0.2) is 5.84 Å². The fourth-order valence-electron chi connectivity index (χ4n) is 1.54. The molecule has 7 nitrogen and oxygen atoms in total. The van der Waals surface area contributed by atoms with Crippen LogP contribution in [0.3, 0.4) is 0 Å². The molecule has 1 rings (SSSR count). The Kier molecular flexibility index (Phi) is 4.68. The van der Waals surface area contributed by atoms with E-state index in [4.69, 9.17) is 10.9 Å². The SMILES string of the molecule is CC(C)N(C/C(N)=N/O)C(=O)c1ccn(C)c(=O)c1. The fourth-order valence-corrected chi connectivity index (χ4v) is 1.54. The second-order valence-electron chi connectivity index (χ2n) is 4.48.